The summed E-state index contributed by atoms with van der Waals surface area (Å²) in [6.07, 6.45) is 3.04. The quantitative estimate of drug-likeness (QED) is 0.505. The van der Waals surface area contributed by atoms with Gasteiger partial charge in [-0.15, -0.1) is 0 Å². The standard InChI is InChI=1S/C24H38O4/c1-17(2)10-9-11-18-12-13-19(21(25)27-15-23(3,4)5)20(14-18)22(26)28-16-24(6,7)8/h12-14,17H,9-11,15-16H2,1-8H3. The first-order valence-electron chi connectivity index (χ1n) is 10.3. The van der Waals surface area contributed by atoms with Gasteiger partial charge in [-0.25, -0.2) is 9.59 Å². The minimum Gasteiger partial charge on any atom is -0.462 e. The summed E-state index contributed by atoms with van der Waals surface area (Å²) in [6.45, 7) is 17.0. The summed E-state index contributed by atoms with van der Waals surface area (Å²) in [6, 6.07) is 5.40. The van der Waals surface area contributed by atoms with Crippen LogP contribution in [0.4, 0.5) is 0 Å². The molecule has 0 unspecified atom stereocenters. The van der Waals surface area contributed by atoms with E-state index in [1.165, 1.54) is 0 Å². The van der Waals surface area contributed by atoms with Crippen molar-refractivity contribution in [2.24, 2.45) is 16.7 Å². The summed E-state index contributed by atoms with van der Waals surface area (Å²) in [4.78, 5) is 25.3. The van der Waals surface area contributed by atoms with E-state index < -0.39 is 11.9 Å². The van der Waals surface area contributed by atoms with Crippen LogP contribution in [0.15, 0.2) is 18.2 Å². The smallest absolute Gasteiger partial charge is 0.339 e. The van der Waals surface area contributed by atoms with Crippen molar-refractivity contribution in [1.82, 2.24) is 0 Å². The lowest BCUT2D eigenvalue weighted by atomic mass is 9.97. The predicted molar refractivity (Wildman–Crippen MR) is 114 cm³/mol. The number of benzene rings is 1. The Kier molecular flexibility index (Phi) is 8.72. The molecule has 4 nitrogen and oxygen atoms in total. The fraction of sp³-hybridized carbons (Fsp3) is 0.667. The molecule has 0 saturated heterocycles. The molecule has 0 atom stereocenters. The van der Waals surface area contributed by atoms with Gasteiger partial charge < -0.3 is 9.47 Å². The van der Waals surface area contributed by atoms with Gasteiger partial charge in [-0.2, -0.15) is 0 Å². The summed E-state index contributed by atoms with van der Waals surface area (Å²) < 4.78 is 10.9. The van der Waals surface area contributed by atoms with Crippen molar-refractivity contribution >= 4 is 11.9 Å². The van der Waals surface area contributed by atoms with Crippen LogP contribution in [-0.2, 0) is 15.9 Å². The van der Waals surface area contributed by atoms with Crippen LogP contribution < -0.4 is 0 Å². The second kappa shape index (κ2) is 10.1. The van der Waals surface area contributed by atoms with Gasteiger partial charge in [-0.3, -0.25) is 0 Å². The molecule has 1 rings (SSSR count). The fourth-order valence-corrected chi connectivity index (χ4v) is 2.53. The van der Waals surface area contributed by atoms with Crippen LogP contribution in [0.2, 0.25) is 0 Å². The van der Waals surface area contributed by atoms with Gasteiger partial charge in [-0.1, -0.05) is 67.9 Å². The zero-order chi connectivity index (χ0) is 21.5. The van der Waals surface area contributed by atoms with E-state index in [1.54, 1.807) is 12.1 Å². The number of hydrogen-bond acceptors (Lipinski definition) is 4. The number of esters is 2. The maximum atomic E-state index is 12.7. The van der Waals surface area contributed by atoms with Crippen LogP contribution in [-0.4, -0.2) is 25.2 Å². The third-order valence-electron chi connectivity index (χ3n) is 4.04. The third kappa shape index (κ3) is 9.38. The number of ether oxygens (including phenoxy) is 2. The van der Waals surface area contributed by atoms with E-state index in [0.717, 1.165) is 24.8 Å². The van der Waals surface area contributed by atoms with E-state index in [4.69, 9.17) is 9.47 Å². The largest absolute Gasteiger partial charge is 0.462 e. The average Bonchev–Trinajstić information content (AvgIpc) is 2.56. The maximum Gasteiger partial charge on any atom is 0.339 e. The second-order valence-electron chi connectivity index (χ2n) is 10.4. The van der Waals surface area contributed by atoms with Crippen molar-refractivity contribution in [1.29, 1.82) is 0 Å². The molecular formula is C24H38O4. The van der Waals surface area contributed by atoms with Crippen LogP contribution in [0, 0.1) is 16.7 Å². The molecule has 0 N–H and O–H groups in total. The predicted octanol–water partition coefficient (Wildman–Crippen LogP) is 6.07. The van der Waals surface area contributed by atoms with Crippen molar-refractivity contribution in [2.75, 3.05) is 13.2 Å². The lowest BCUT2D eigenvalue weighted by molar-refractivity contribution is 0.0322. The Hall–Kier alpha value is -1.84. The lowest BCUT2D eigenvalue weighted by Gasteiger charge is -2.20. The monoisotopic (exact) mass is 390 g/mol. The van der Waals surface area contributed by atoms with Gasteiger partial charge >= 0.3 is 11.9 Å². The van der Waals surface area contributed by atoms with Crippen LogP contribution in [0.1, 0.15) is 94.5 Å². The molecule has 0 amide bonds. The van der Waals surface area contributed by atoms with Crippen LogP contribution >= 0.6 is 0 Å². The molecule has 28 heavy (non-hydrogen) atoms. The maximum absolute atomic E-state index is 12.7. The number of carbonyl (C=O) groups excluding carboxylic acids is 2. The highest BCUT2D eigenvalue weighted by Crippen LogP contribution is 2.21. The molecule has 1 aromatic rings. The molecule has 0 radical (unpaired) electrons. The van der Waals surface area contributed by atoms with Crippen molar-refractivity contribution in [3.05, 3.63) is 34.9 Å². The van der Waals surface area contributed by atoms with Gasteiger partial charge in [0.1, 0.15) is 0 Å². The van der Waals surface area contributed by atoms with E-state index in [1.807, 2.05) is 47.6 Å². The summed E-state index contributed by atoms with van der Waals surface area (Å²) in [7, 11) is 0. The van der Waals surface area contributed by atoms with E-state index in [9.17, 15) is 9.59 Å². The highest BCUT2D eigenvalue weighted by molar-refractivity contribution is 6.03. The third-order valence-corrected chi connectivity index (χ3v) is 4.04. The van der Waals surface area contributed by atoms with Crippen LogP contribution in [0.25, 0.3) is 0 Å². The van der Waals surface area contributed by atoms with Crippen molar-refractivity contribution in [3.63, 3.8) is 0 Å². The Morgan fingerprint density at radius 3 is 1.82 bits per heavy atom. The second-order valence-corrected chi connectivity index (χ2v) is 10.4. The van der Waals surface area contributed by atoms with Gasteiger partial charge in [-0.05, 0) is 47.3 Å². The Balaban J connectivity index is 3.05. The summed E-state index contributed by atoms with van der Waals surface area (Å²) in [5, 5.41) is 0. The number of carbonyl (C=O) groups is 2. The Morgan fingerprint density at radius 1 is 0.857 bits per heavy atom. The molecule has 0 heterocycles. The van der Waals surface area contributed by atoms with E-state index in [0.29, 0.717) is 24.7 Å². The molecular weight excluding hydrogens is 352 g/mol. The molecule has 0 spiro atoms. The van der Waals surface area contributed by atoms with Gasteiger partial charge in [0, 0.05) is 0 Å². The lowest BCUT2D eigenvalue weighted by Crippen LogP contribution is -2.22. The number of aryl methyl sites for hydroxylation is 1. The first-order chi connectivity index (χ1) is 12.8. The molecule has 0 fully saturated rings. The fourth-order valence-electron chi connectivity index (χ4n) is 2.53. The molecule has 1 aromatic carbocycles. The van der Waals surface area contributed by atoms with Gasteiger partial charge in [0.05, 0.1) is 24.3 Å². The molecule has 4 heteroatoms. The first kappa shape index (κ1) is 24.2. The van der Waals surface area contributed by atoms with E-state index >= 15 is 0 Å². The van der Waals surface area contributed by atoms with Gasteiger partial charge in [0.15, 0.2) is 0 Å². The van der Waals surface area contributed by atoms with Crippen molar-refractivity contribution in [2.45, 2.75) is 74.7 Å². The normalized spacial score (nSPS) is 12.2. The zero-order valence-corrected chi connectivity index (χ0v) is 19.0. The molecule has 0 aliphatic rings. The molecule has 0 bridgehead atoms. The van der Waals surface area contributed by atoms with Gasteiger partial charge in [0.2, 0.25) is 0 Å². The number of rotatable bonds is 8. The highest BCUT2D eigenvalue weighted by Gasteiger charge is 2.23. The SMILES string of the molecule is CC(C)CCCc1ccc(C(=O)OCC(C)(C)C)c(C(=O)OCC(C)(C)C)c1. The Labute approximate surface area is 171 Å². The zero-order valence-electron chi connectivity index (χ0n) is 19.0. The number of hydrogen-bond donors (Lipinski definition) is 0. The van der Waals surface area contributed by atoms with Crippen molar-refractivity contribution < 1.29 is 19.1 Å². The molecule has 0 aromatic heterocycles. The van der Waals surface area contributed by atoms with Crippen LogP contribution in [0.5, 0.6) is 0 Å². The summed E-state index contributed by atoms with van der Waals surface area (Å²) in [5.74, 6) is -0.308. The minimum absolute atomic E-state index is 0.140. The van der Waals surface area contributed by atoms with E-state index in [-0.39, 0.29) is 16.4 Å². The average molecular weight is 391 g/mol. The molecule has 0 aliphatic carbocycles. The summed E-state index contributed by atoms with van der Waals surface area (Å²) in [5.41, 5.74) is 1.33. The highest BCUT2D eigenvalue weighted by atomic mass is 16.5. The molecule has 0 aliphatic heterocycles. The Bertz CT molecular complexity index is 660. The van der Waals surface area contributed by atoms with Crippen molar-refractivity contribution in [3.8, 4) is 0 Å². The van der Waals surface area contributed by atoms with E-state index in [2.05, 4.69) is 13.8 Å². The minimum atomic E-state index is -0.480. The first-order valence-corrected chi connectivity index (χ1v) is 10.3. The topological polar surface area (TPSA) is 52.6 Å². The summed E-state index contributed by atoms with van der Waals surface area (Å²) >= 11 is 0. The molecule has 158 valence electrons. The van der Waals surface area contributed by atoms with Crippen LogP contribution in [0.3, 0.4) is 0 Å². The molecule has 0 saturated carbocycles. The Morgan fingerprint density at radius 2 is 1.36 bits per heavy atom. The van der Waals surface area contributed by atoms with Gasteiger partial charge in [0.25, 0.3) is 0 Å².